The number of benzene rings is 2. The molecule has 0 bridgehead atoms. The third kappa shape index (κ3) is 4.72. The zero-order chi connectivity index (χ0) is 20.3. The second kappa shape index (κ2) is 8.33. The van der Waals surface area contributed by atoms with Gasteiger partial charge in [0.1, 0.15) is 11.5 Å². The molecule has 10 heteroatoms. The van der Waals surface area contributed by atoms with Crippen LogP contribution in [-0.2, 0) is 10.0 Å². The van der Waals surface area contributed by atoms with Crippen LogP contribution in [0.15, 0.2) is 69.0 Å². The van der Waals surface area contributed by atoms with Gasteiger partial charge in [0.2, 0.25) is 0 Å². The van der Waals surface area contributed by atoms with E-state index in [2.05, 4.69) is 32.5 Å². The molecule has 0 radical (unpaired) electrons. The molecule has 7 nitrogen and oxygen atoms in total. The number of carboxylic acids is 1. The van der Waals surface area contributed by atoms with Crippen molar-refractivity contribution in [3.05, 3.63) is 74.5 Å². The Balaban J connectivity index is 1.73. The van der Waals surface area contributed by atoms with Crippen LogP contribution in [-0.4, -0.2) is 25.7 Å². The van der Waals surface area contributed by atoms with Gasteiger partial charge in [0.05, 0.1) is 21.7 Å². The van der Waals surface area contributed by atoms with Gasteiger partial charge in [0.15, 0.2) is 0 Å². The van der Waals surface area contributed by atoms with Crippen molar-refractivity contribution in [1.82, 2.24) is 4.83 Å². The number of furan rings is 1. The van der Waals surface area contributed by atoms with Crippen molar-refractivity contribution < 1.29 is 22.7 Å². The van der Waals surface area contributed by atoms with Gasteiger partial charge in [-0.05, 0) is 71.1 Å². The van der Waals surface area contributed by atoms with Gasteiger partial charge in [-0.3, -0.25) is 0 Å². The maximum absolute atomic E-state index is 12.2. The second-order valence-electron chi connectivity index (χ2n) is 5.51. The molecule has 0 atom stereocenters. The molecule has 1 aromatic heterocycles. The predicted molar refractivity (Wildman–Crippen MR) is 113 cm³/mol. The summed E-state index contributed by atoms with van der Waals surface area (Å²) in [6.45, 7) is 0. The molecule has 0 saturated carbocycles. The van der Waals surface area contributed by atoms with Gasteiger partial charge >= 0.3 is 5.97 Å². The smallest absolute Gasteiger partial charge is 0.337 e. The Kier molecular flexibility index (Phi) is 6.06. The summed E-state index contributed by atoms with van der Waals surface area (Å²) in [6.07, 6.45) is 1.22. The Morgan fingerprint density at radius 2 is 1.86 bits per heavy atom. The number of aromatic carboxylic acids is 1. The van der Waals surface area contributed by atoms with Crippen molar-refractivity contribution in [3.63, 3.8) is 0 Å². The molecule has 2 N–H and O–H groups in total. The van der Waals surface area contributed by atoms with Gasteiger partial charge in [-0.2, -0.15) is 18.4 Å². The van der Waals surface area contributed by atoms with E-state index < -0.39 is 16.0 Å². The zero-order valence-corrected chi connectivity index (χ0v) is 17.7. The first-order chi connectivity index (χ1) is 13.3. The minimum Gasteiger partial charge on any atom is -0.478 e. The Labute approximate surface area is 179 Å². The number of rotatable bonds is 6. The van der Waals surface area contributed by atoms with Crippen LogP contribution in [0.1, 0.15) is 16.1 Å². The summed E-state index contributed by atoms with van der Waals surface area (Å²) in [6, 6.07) is 14.0. The molecule has 0 saturated heterocycles. The molecule has 0 aliphatic heterocycles. The minimum absolute atomic E-state index is 0.0104. The minimum atomic E-state index is -3.78. The van der Waals surface area contributed by atoms with Crippen molar-refractivity contribution in [2.45, 2.75) is 4.90 Å². The number of hydrazone groups is 1. The molecule has 0 unspecified atom stereocenters. The average Bonchev–Trinajstić information content (AvgIpc) is 3.10. The number of halogens is 2. The molecular formula is C18H12ClIN2O5S. The summed E-state index contributed by atoms with van der Waals surface area (Å²) in [7, 11) is -3.78. The van der Waals surface area contributed by atoms with Gasteiger partial charge < -0.3 is 9.52 Å². The molecule has 3 aromatic rings. The van der Waals surface area contributed by atoms with Crippen LogP contribution in [0.3, 0.4) is 0 Å². The molecular weight excluding hydrogens is 519 g/mol. The molecule has 0 fully saturated rings. The number of nitrogens with one attached hydrogen (secondary N) is 1. The number of carbonyl (C=O) groups is 1. The van der Waals surface area contributed by atoms with Crippen molar-refractivity contribution in [3.8, 4) is 11.3 Å². The van der Waals surface area contributed by atoms with E-state index in [4.69, 9.17) is 21.1 Å². The zero-order valence-electron chi connectivity index (χ0n) is 14.0. The molecule has 0 aliphatic rings. The van der Waals surface area contributed by atoms with Crippen molar-refractivity contribution in [1.29, 1.82) is 0 Å². The molecule has 0 amide bonds. The Bertz CT molecular complexity index is 1160. The van der Waals surface area contributed by atoms with Crippen LogP contribution >= 0.6 is 34.2 Å². The summed E-state index contributed by atoms with van der Waals surface area (Å²) >= 11 is 8.04. The predicted octanol–water partition coefficient (Wildman–Crippen LogP) is 4.22. The Morgan fingerprint density at radius 3 is 2.50 bits per heavy atom. The molecule has 144 valence electrons. The molecule has 1 heterocycles. The third-order valence-corrected chi connectivity index (χ3v) is 5.87. The lowest BCUT2D eigenvalue weighted by Crippen LogP contribution is -2.18. The number of carboxylic acid groups (broad SMARTS) is 1. The first kappa shape index (κ1) is 20.4. The average molecular weight is 531 g/mol. The fourth-order valence-electron chi connectivity index (χ4n) is 2.24. The van der Waals surface area contributed by atoms with E-state index in [9.17, 15) is 13.2 Å². The number of nitrogens with zero attached hydrogens (tertiary/aromatic N) is 1. The lowest BCUT2D eigenvalue weighted by atomic mass is 10.1. The SMILES string of the molecule is O=C(O)c1ccc(-c2ccc(/C=N\NS(=O)(=O)c3ccc(I)cc3)o2)cc1Cl. The first-order valence-corrected chi connectivity index (χ1v) is 10.6. The molecule has 3 rings (SSSR count). The quantitative estimate of drug-likeness (QED) is 0.282. The summed E-state index contributed by atoms with van der Waals surface area (Å²) < 4.78 is 30.8. The van der Waals surface area contributed by atoms with Crippen LogP contribution in [0, 0.1) is 3.57 Å². The lowest BCUT2D eigenvalue weighted by Gasteiger charge is -2.03. The maximum atomic E-state index is 12.2. The summed E-state index contributed by atoms with van der Waals surface area (Å²) in [4.78, 5) is 13.2. The normalized spacial score (nSPS) is 11.6. The monoisotopic (exact) mass is 530 g/mol. The van der Waals surface area contributed by atoms with Gasteiger partial charge in [-0.1, -0.05) is 17.7 Å². The Morgan fingerprint density at radius 1 is 1.14 bits per heavy atom. The molecule has 0 aliphatic carbocycles. The van der Waals surface area contributed by atoms with Crippen molar-refractivity contribution >= 4 is 56.4 Å². The molecule has 28 heavy (non-hydrogen) atoms. The van der Waals surface area contributed by atoms with Crippen LogP contribution in [0.2, 0.25) is 5.02 Å². The summed E-state index contributed by atoms with van der Waals surface area (Å²) in [5.74, 6) is -0.385. The molecule has 2 aromatic carbocycles. The number of sulfonamides is 1. The van der Waals surface area contributed by atoms with Crippen LogP contribution in [0.25, 0.3) is 11.3 Å². The standard InChI is InChI=1S/C18H12ClIN2O5S/c19-16-9-11(1-7-15(16)18(23)24)17-8-4-13(27-17)10-21-22-28(25,26)14-5-2-12(20)3-6-14/h1-10,22H,(H,23,24)/b21-10-. The van der Waals surface area contributed by atoms with E-state index >= 15 is 0 Å². The van der Waals surface area contributed by atoms with E-state index in [1.54, 1.807) is 30.3 Å². The largest absolute Gasteiger partial charge is 0.478 e. The van der Waals surface area contributed by atoms with Gasteiger partial charge in [-0.25, -0.2) is 4.79 Å². The first-order valence-electron chi connectivity index (χ1n) is 7.70. The Hall–Kier alpha value is -2.37. The van der Waals surface area contributed by atoms with Crippen LogP contribution in [0.4, 0.5) is 0 Å². The van der Waals surface area contributed by atoms with Crippen molar-refractivity contribution in [2.24, 2.45) is 5.10 Å². The molecule has 0 spiro atoms. The fourth-order valence-corrected chi connectivity index (χ4v) is 3.66. The van der Waals surface area contributed by atoms with Gasteiger partial charge in [-0.15, -0.1) is 0 Å². The number of hydrogen-bond acceptors (Lipinski definition) is 5. The van der Waals surface area contributed by atoms with E-state index in [1.165, 1.54) is 30.5 Å². The highest BCUT2D eigenvalue weighted by Gasteiger charge is 2.13. The van der Waals surface area contributed by atoms with Crippen molar-refractivity contribution in [2.75, 3.05) is 0 Å². The highest BCUT2D eigenvalue weighted by Crippen LogP contribution is 2.27. The summed E-state index contributed by atoms with van der Waals surface area (Å²) in [5.41, 5.74) is 0.567. The lowest BCUT2D eigenvalue weighted by molar-refractivity contribution is 0.0697. The summed E-state index contributed by atoms with van der Waals surface area (Å²) in [5, 5.41) is 12.8. The fraction of sp³-hybridized carbons (Fsp3) is 0. The maximum Gasteiger partial charge on any atom is 0.337 e. The van der Waals surface area contributed by atoms with E-state index in [1.807, 2.05) is 0 Å². The van der Waals surface area contributed by atoms with Gasteiger partial charge in [0.25, 0.3) is 10.0 Å². The third-order valence-electron chi connectivity index (χ3n) is 3.60. The number of hydrogen-bond donors (Lipinski definition) is 2. The topological polar surface area (TPSA) is 109 Å². The highest BCUT2D eigenvalue weighted by atomic mass is 127. The second-order valence-corrected chi connectivity index (χ2v) is 8.82. The van der Waals surface area contributed by atoms with E-state index in [0.717, 1.165) is 3.57 Å². The van der Waals surface area contributed by atoms with E-state index in [-0.39, 0.29) is 15.5 Å². The van der Waals surface area contributed by atoms with E-state index in [0.29, 0.717) is 17.1 Å². The van der Waals surface area contributed by atoms with Crippen LogP contribution in [0.5, 0.6) is 0 Å². The highest BCUT2D eigenvalue weighted by molar-refractivity contribution is 14.1. The van der Waals surface area contributed by atoms with Gasteiger partial charge in [0, 0.05) is 9.13 Å². The van der Waals surface area contributed by atoms with Crippen LogP contribution < -0.4 is 4.83 Å².